The number of Topliss-reactive ketones (excluding diaryl/α,β-unsaturated/α-hetero) is 1. The van der Waals surface area contributed by atoms with Crippen LogP contribution in [0.1, 0.15) is 51.3 Å². The van der Waals surface area contributed by atoms with Crippen LogP contribution in [0.3, 0.4) is 0 Å². The normalized spacial score (nSPS) is 17.6. The fourth-order valence-corrected chi connectivity index (χ4v) is 3.95. The maximum atomic E-state index is 13.3. The van der Waals surface area contributed by atoms with E-state index in [0.29, 0.717) is 23.6 Å². The Hall–Kier alpha value is -3.40. The van der Waals surface area contributed by atoms with Gasteiger partial charge in [0.2, 0.25) is 0 Å². The van der Waals surface area contributed by atoms with Crippen molar-refractivity contribution in [3.8, 4) is 11.5 Å². The molecule has 0 radical (unpaired) electrons. The highest BCUT2D eigenvalue weighted by atomic mass is 19.4. The summed E-state index contributed by atoms with van der Waals surface area (Å²) in [5.41, 5.74) is -3.80. The van der Waals surface area contributed by atoms with Crippen molar-refractivity contribution in [2.75, 3.05) is 0 Å². The highest BCUT2D eigenvalue weighted by Gasteiger charge is 2.47. The zero-order chi connectivity index (χ0) is 25.6. The number of ketones is 1. The lowest BCUT2D eigenvalue weighted by Crippen LogP contribution is -2.49. The molecule has 0 unspecified atom stereocenters. The molecule has 2 aromatic rings. The summed E-state index contributed by atoms with van der Waals surface area (Å²) in [6.07, 6.45) is -4.46. The standard InChI is InChI=1S/C24H24F3NO6/c1-6-13-7-8-14(33-15-9-10-18(28(31)32)17(12-15)24(25,26)27)11-16(13)19-20(29)22(2,3)34-23(4,5)21(19)30/h7-12,29H,6H2,1-5H3. The number of ether oxygens (including phenoxy) is 2. The Morgan fingerprint density at radius 1 is 1.06 bits per heavy atom. The van der Waals surface area contributed by atoms with Gasteiger partial charge in [0.25, 0.3) is 5.69 Å². The van der Waals surface area contributed by atoms with E-state index >= 15 is 0 Å². The highest BCUT2D eigenvalue weighted by Crippen LogP contribution is 2.43. The van der Waals surface area contributed by atoms with E-state index in [2.05, 4.69) is 0 Å². The third-order valence-corrected chi connectivity index (χ3v) is 5.53. The van der Waals surface area contributed by atoms with Gasteiger partial charge in [0, 0.05) is 6.07 Å². The van der Waals surface area contributed by atoms with Gasteiger partial charge in [0.15, 0.2) is 5.78 Å². The summed E-state index contributed by atoms with van der Waals surface area (Å²) in [6.45, 7) is 8.27. The van der Waals surface area contributed by atoms with E-state index in [1.165, 1.54) is 12.1 Å². The molecule has 0 bridgehead atoms. The lowest BCUT2D eigenvalue weighted by Gasteiger charge is -2.40. The van der Waals surface area contributed by atoms with Gasteiger partial charge in [0.1, 0.15) is 34.0 Å². The first-order valence-electron chi connectivity index (χ1n) is 10.4. The average Bonchev–Trinajstić information content (AvgIpc) is 2.71. The number of alkyl halides is 3. The fourth-order valence-electron chi connectivity index (χ4n) is 3.95. The summed E-state index contributed by atoms with van der Waals surface area (Å²) < 4.78 is 51.3. The van der Waals surface area contributed by atoms with Crippen LogP contribution in [0, 0.1) is 10.1 Å². The number of hydrogen-bond donors (Lipinski definition) is 1. The molecule has 1 heterocycles. The van der Waals surface area contributed by atoms with Crippen LogP contribution in [0.4, 0.5) is 18.9 Å². The summed E-state index contributed by atoms with van der Waals surface area (Å²) in [5, 5.41) is 21.9. The Labute approximate surface area is 194 Å². The van der Waals surface area contributed by atoms with Crippen molar-refractivity contribution in [3.63, 3.8) is 0 Å². The summed E-state index contributed by atoms with van der Waals surface area (Å²) in [5.74, 6) is -0.904. The minimum Gasteiger partial charge on any atom is -0.508 e. The van der Waals surface area contributed by atoms with Crippen LogP contribution in [-0.2, 0) is 22.1 Å². The van der Waals surface area contributed by atoms with Crippen LogP contribution in [0.5, 0.6) is 11.5 Å². The van der Waals surface area contributed by atoms with Crippen LogP contribution < -0.4 is 4.74 Å². The number of rotatable bonds is 5. The number of aliphatic hydroxyl groups excluding tert-OH is 1. The zero-order valence-electron chi connectivity index (χ0n) is 19.2. The van der Waals surface area contributed by atoms with Crippen molar-refractivity contribution in [2.45, 2.75) is 58.4 Å². The lowest BCUT2D eigenvalue weighted by atomic mass is 9.81. The first-order chi connectivity index (χ1) is 15.6. The van der Waals surface area contributed by atoms with Crippen molar-refractivity contribution in [1.29, 1.82) is 0 Å². The predicted octanol–water partition coefficient (Wildman–Crippen LogP) is 6.39. The van der Waals surface area contributed by atoms with Gasteiger partial charge in [0.05, 0.1) is 10.5 Å². The maximum absolute atomic E-state index is 13.3. The molecule has 1 aliphatic rings. The van der Waals surface area contributed by atoms with Crippen LogP contribution in [-0.4, -0.2) is 27.0 Å². The van der Waals surface area contributed by atoms with Gasteiger partial charge < -0.3 is 14.6 Å². The van der Waals surface area contributed by atoms with Gasteiger partial charge in [-0.1, -0.05) is 13.0 Å². The fraction of sp³-hybridized carbons (Fsp3) is 0.375. The molecule has 0 amide bonds. The summed E-state index contributed by atoms with van der Waals surface area (Å²) in [6, 6.07) is 6.94. The van der Waals surface area contributed by atoms with E-state index in [-0.39, 0.29) is 22.8 Å². The van der Waals surface area contributed by atoms with Gasteiger partial charge in [-0.25, -0.2) is 0 Å². The largest absolute Gasteiger partial charge is 0.508 e. The van der Waals surface area contributed by atoms with Gasteiger partial charge in [-0.3, -0.25) is 14.9 Å². The summed E-state index contributed by atoms with van der Waals surface area (Å²) >= 11 is 0. The number of nitro groups is 1. The number of nitro benzene ring substituents is 1. The number of halogens is 3. The van der Waals surface area contributed by atoms with Crippen molar-refractivity contribution in [3.05, 3.63) is 69.0 Å². The van der Waals surface area contributed by atoms with E-state index in [1.54, 1.807) is 33.8 Å². The Kier molecular flexibility index (Phi) is 6.25. The molecule has 3 rings (SSSR count). The topological polar surface area (TPSA) is 98.9 Å². The second-order valence-corrected chi connectivity index (χ2v) is 8.88. The molecule has 10 heteroatoms. The Balaban J connectivity index is 2.12. The van der Waals surface area contributed by atoms with Crippen LogP contribution >= 0.6 is 0 Å². The summed E-state index contributed by atoms with van der Waals surface area (Å²) in [4.78, 5) is 23.0. The van der Waals surface area contributed by atoms with Gasteiger partial charge in [-0.2, -0.15) is 13.2 Å². The van der Waals surface area contributed by atoms with E-state index in [4.69, 9.17) is 9.47 Å². The maximum Gasteiger partial charge on any atom is 0.423 e. The molecule has 0 fully saturated rings. The molecule has 2 aromatic carbocycles. The number of carbonyl (C=O) groups excluding carboxylic acids is 1. The van der Waals surface area contributed by atoms with Crippen molar-refractivity contribution >= 4 is 17.0 Å². The SMILES string of the molecule is CCc1ccc(Oc2ccc([N+](=O)[O-])c(C(F)(F)F)c2)cc1C1=C(O)C(C)(C)OC(C)(C)C1=O. The van der Waals surface area contributed by atoms with Crippen molar-refractivity contribution < 1.29 is 37.5 Å². The third-order valence-electron chi connectivity index (χ3n) is 5.53. The van der Waals surface area contributed by atoms with Crippen LogP contribution in [0.2, 0.25) is 0 Å². The minimum absolute atomic E-state index is 0.0447. The smallest absolute Gasteiger partial charge is 0.423 e. The lowest BCUT2D eigenvalue weighted by molar-refractivity contribution is -0.388. The van der Waals surface area contributed by atoms with Crippen LogP contribution in [0.25, 0.3) is 5.57 Å². The van der Waals surface area contributed by atoms with E-state index in [1.807, 2.05) is 6.92 Å². The molecule has 182 valence electrons. The molecular weight excluding hydrogens is 455 g/mol. The van der Waals surface area contributed by atoms with Gasteiger partial charge in [-0.05, 0) is 69.5 Å². The first-order valence-corrected chi connectivity index (χ1v) is 10.4. The van der Waals surface area contributed by atoms with Crippen molar-refractivity contribution in [1.82, 2.24) is 0 Å². The third kappa shape index (κ3) is 4.63. The summed E-state index contributed by atoms with van der Waals surface area (Å²) in [7, 11) is 0. The quantitative estimate of drug-likeness (QED) is 0.394. The molecule has 0 saturated carbocycles. The van der Waals surface area contributed by atoms with E-state index < -0.39 is 39.3 Å². The molecule has 0 spiro atoms. The van der Waals surface area contributed by atoms with Gasteiger partial charge >= 0.3 is 6.18 Å². The molecule has 7 nitrogen and oxygen atoms in total. The molecule has 1 aliphatic heterocycles. The Bertz CT molecular complexity index is 1200. The van der Waals surface area contributed by atoms with E-state index in [0.717, 1.165) is 12.1 Å². The number of hydrogen-bond acceptors (Lipinski definition) is 6. The van der Waals surface area contributed by atoms with E-state index in [9.17, 15) is 33.2 Å². The first kappa shape index (κ1) is 25.2. The Morgan fingerprint density at radius 3 is 2.21 bits per heavy atom. The highest BCUT2D eigenvalue weighted by molar-refractivity contribution is 6.26. The molecule has 0 saturated heterocycles. The zero-order valence-corrected chi connectivity index (χ0v) is 19.2. The Morgan fingerprint density at radius 2 is 1.65 bits per heavy atom. The number of nitrogens with zero attached hydrogens (tertiary/aromatic N) is 1. The monoisotopic (exact) mass is 479 g/mol. The average molecular weight is 479 g/mol. The number of aryl methyl sites for hydroxylation is 1. The molecular formula is C24H24F3NO6. The molecule has 0 aromatic heterocycles. The second-order valence-electron chi connectivity index (χ2n) is 8.88. The number of benzene rings is 2. The molecule has 1 N–H and O–H groups in total. The molecule has 34 heavy (non-hydrogen) atoms. The van der Waals surface area contributed by atoms with Crippen molar-refractivity contribution in [2.24, 2.45) is 0 Å². The number of carbonyl (C=O) groups is 1. The van der Waals surface area contributed by atoms with Gasteiger partial charge in [-0.15, -0.1) is 0 Å². The van der Waals surface area contributed by atoms with Crippen LogP contribution in [0.15, 0.2) is 42.2 Å². The number of aliphatic hydroxyl groups is 1. The molecule has 0 aliphatic carbocycles. The second kappa shape index (κ2) is 8.43. The predicted molar refractivity (Wildman–Crippen MR) is 118 cm³/mol. The molecule has 0 atom stereocenters. The minimum atomic E-state index is -4.96.